The first kappa shape index (κ1) is 22.0. The fourth-order valence-electron chi connectivity index (χ4n) is 4.02. The Morgan fingerprint density at radius 1 is 1.31 bits per heavy atom. The minimum atomic E-state index is -0.775. The summed E-state index contributed by atoms with van der Waals surface area (Å²) in [6.07, 6.45) is 5.67. The number of methoxy groups -OCH3 is 1. The number of nitrogens with one attached hydrogen (secondary N) is 2. The van der Waals surface area contributed by atoms with E-state index in [9.17, 15) is 9.18 Å². The first-order chi connectivity index (χ1) is 15.5. The molecule has 1 aromatic carbocycles. The molecule has 1 aliphatic rings. The van der Waals surface area contributed by atoms with Crippen molar-refractivity contribution in [1.29, 1.82) is 0 Å². The van der Waals surface area contributed by atoms with Crippen molar-refractivity contribution in [2.45, 2.75) is 44.3 Å². The van der Waals surface area contributed by atoms with Crippen molar-refractivity contribution < 1.29 is 13.9 Å². The van der Waals surface area contributed by atoms with Crippen LogP contribution in [0.5, 0.6) is 0 Å². The molecule has 0 radical (unpaired) electrons. The normalized spacial score (nSPS) is 18.6. The van der Waals surface area contributed by atoms with Gasteiger partial charge in [-0.05, 0) is 31.0 Å². The molecule has 2 atom stereocenters. The minimum Gasteiger partial charge on any atom is -0.383 e. The maximum Gasteiger partial charge on any atom is 0.252 e. The fourth-order valence-corrected chi connectivity index (χ4v) is 4.02. The Hall–Kier alpha value is -3.24. The molecule has 0 aliphatic heterocycles. The highest BCUT2D eigenvalue weighted by atomic mass is 19.1. The number of primary amides is 1. The zero-order chi connectivity index (χ0) is 22.7. The Balaban J connectivity index is 1.67. The molecule has 1 aliphatic carbocycles. The van der Waals surface area contributed by atoms with Crippen LogP contribution in [0.25, 0.3) is 10.9 Å². The highest BCUT2D eigenvalue weighted by Gasteiger charge is 2.24. The van der Waals surface area contributed by atoms with Gasteiger partial charge in [0, 0.05) is 30.8 Å². The molecule has 0 spiro atoms. The minimum absolute atomic E-state index is 0.0372. The number of nitrogens with zero attached hydrogens (tertiary/aromatic N) is 3. The number of nitrogens with two attached hydrogens (primary N) is 2. The molecule has 0 bridgehead atoms. The summed E-state index contributed by atoms with van der Waals surface area (Å²) in [7, 11) is 1.63. The molecule has 1 saturated carbocycles. The molecule has 2 aromatic heterocycles. The number of ether oxygens (including phenoxy) is 1. The summed E-state index contributed by atoms with van der Waals surface area (Å²) in [5, 5.41) is 11.6. The number of halogens is 1. The standard InChI is InChI=1S/C22H28FN7O2/c1-32-10-9-30-12-14-17(7-4-8-18(14)29-30)26-21-13(20(25)31)11-15(23)22(28-21)27-19-6-3-2-5-16(19)24/h4,7-8,11-12,16,19H,2-3,5-6,9-10,24H2,1H3,(H2,25,31)(H2,26,27,28). The second-order valence-corrected chi connectivity index (χ2v) is 8.03. The lowest BCUT2D eigenvalue weighted by Crippen LogP contribution is -2.43. The van der Waals surface area contributed by atoms with Crippen LogP contribution in [0.4, 0.5) is 21.7 Å². The van der Waals surface area contributed by atoms with Gasteiger partial charge in [-0.2, -0.15) is 5.10 Å². The predicted octanol–water partition coefficient (Wildman–Crippen LogP) is 2.74. The number of carbonyl (C=O) groups is 1. The number of amides is 1. The van der Waals surface area contributed by atoms with E-state index in [-0.39, 0.29) is 29.3 Å². The summed E-state index contributed by atoms with van der Waals surface area (Å²) < 4.78 is 21.7. The third kappa shape index (κ3) is 4.66. The van der Waals surface area contributed by atoms with Crippen LogP contribution < -0.4 is 22.1 Å². The highest BCUT2D eigenvalue weighted by molar-refractivity contribution is 6.00. The quantitative estimate of drug-likeness (QED) is 0.422. The molecule has 1 fully saturated rings. The first-order valence-corrected chi connectivity index (χ1v) is 10.7. The maximum absolute atomic E-state index is 14.8. The Kier molecular flexibility index (Phi) is 6.52. The molecular weight excluding hydrogens is 413 g/mol. The van der Waals surface area contributed by atoms with Crippen LogP contribution in [-0.2, 0) is 11.3 Å². The number of hydrogen-bond donors (Lipinski definition) is 4. The zero-order valence-corrected chi connectivity index (χ0v) is 18.0. The van der Waals surface area contributed by atoms with Crippen molar-refractivity contribution in [3.63, 3.8) is 0 Å². The summed E-state index contributed by atoms with van der Waals surface area (Å²) in [6.45, 7) is 1.13. The number of carbonyl (C=O) groups excluding carboxylic acids is 1. The summed E-state index contributed by atoms with van der Waals surface area (Å²) in [6, 6.07) is 6.51. The van der Waals surface area contributed by atoms with Crippen LogP contribution in [-0.4, -0.2) is 46.5 Å². The second kappa shape index (κ2) is 9.49. The van der Waals surface area contributed by atoms with Gasteiger partial charge < -0.3 is 26.8 Å². The summed E-state index contributed by atoms with van der Waals surface area (Å²) in [5.41, 5.74) is 13.1. The van der Waals surface area contributed by atoms with Gasteiger partial charge in [0.1, 0.15) is 5.82 Å². The molecule has 3 aromatic rings. The van der Waals surface area contributed by atoms with E-state index in [4.69, 9.17) is 16.2 Å². The number of rotatable bonds is 8. The molecule has 4 rings (SSSR count). The molecule has 170 valence electrons. The summed E-state index contributed by atoms with van der Waals surface area (Å²) in [4.78, 5) is 16.4. The van der Waals surface area contributed by atoms with Crippen molar-refractivity contribution in [1.82, 2.24) is 14.8 Å². The molecule has 9 nitrogen and oxygen atoms in total. The molecule has 0 saturated heterocycles. The lowest BCUT2D eigenvalue weighted by Gasteiger charge is -2.30. The van der Waals surface area contributed by atoms with Gasteiger partial charge in [0.25, 0.3) is 5.91 Å². The van der Waals surface area contributed by atoms with Crippen molar-refractivity contribution in [2.75, 3.05) is 24.4 Å². The number of hydrogen-bond acceptors (Lipinski definition) is 7. The molecule has 32 heavy (non-hydrogen) atoms. The van der Waals surface area contributed by atoms with E-state index in [0.717, 1.165) is 42.7 Å². The van der Waals surface area contributed by atoms with Gasteiger partial charge in [-0.15, -0.1) is 0 Å². The number of anilines is 3. The van der Waals surface area contributed by atoms with Gasteiger partial charge in [0.05, 0.1) is 29.9 Å². The van der Waals surface area contributed by atoms with Crippen molar-refractivity contribution in [2.24, 2.45) is 11.5 Å². The average Bonchev–Trinajstić information content (AvgIpc) is 3.19. The van der Waals surface area contributed by atoms with Crippen LogP contribution in [0.2, 0.25) is 0 Å². The van der Waals surface area contributed by atoms with Crippen LogP contribution in [0.3, 0.4) is 0 Å². The maximum atomic E-state index is 14.8. The molecule has 2 unspecified atom stereocenters. The van der Waals surface area contributed by atoms with E-state index < -0.39 is 11.7 Å². The van der Waals surface area contributed by atoms with Crippen LogP contribution >= 0.6 is 0 Å². The number of aromatic nitrogens is 3. The van der Waals surface area contributed by atoms with Crippen LogP contribution in [0.15, 0.2) is 30.5 Å². The van der Waals surface area contributed by atoms with Gasteiger partial charge in [0.2, 0.25) is 0 Å². The van der Waals surface area contributed by atoms with E-state index in [1.165, 1.54) is 0 Å². The molecule has 10 heteroatoms. The third-order valence-electron chi connectivity index (χ3n) is 5.76. The van der Waals surface area contributed by atoms with Crippen molar-refractivity contribution >= 4 is 34.1 Å². The van der Waals surface area contributed by atoms with Crippen molar-refractivity contribution in [3.8, 4) is 0 Å². The number of fused-ring (bicyclic) bond motifs is 1. The van der Waals surface area contributed by atoms with Crippen LogP contribution in [0, 0.1) is 5.82 Å². The Morgan fingerprint density at radius 3 is 2.88 bits per heavy atom. The Bertz CT molecular complexity index is 1120. The zero-order valence-electron chi connectivity index (χ0n) is 18.0. The molecule has 1 amide bonds. The SMILES string of the molecule is COCCn1cc2c(Nc3nc(NC4CCCCC4N)c(F)cc3C(N)=O)cccc2n1. The summed E-state index contributed by atoms with van der Waals surface area (Å²) >= 11 is 0. The topological polar surface area (TPSA) is 133 Å². The lowest BCUT2D eigenvalue weighted by molar-refractivity contribution is 0.100. The summed E-state index contributed by atoms with van der Waals surface area (Å²) in [5.74, 6) is -1.21. The first-order valence-electron chi connectivity index (χ1n) is 10.7. The van der Waals surface area contributed by atoms with E-state index in [0.29, 0.717) is 18.8 Å². The third-order valence-corrected chi connectivity index (χ3v) is 5.76. The van der Waals surface area contributed by atoms with E-state index >= 15 is 0 Å². The van der Waals surface area contributed by atoms with E-state index in [2.05, 4.69) is 20.7 Å². The van der Waals surface area contributed by atoms with E-state index in [1.54, 1.807) is 11.8 Å². The van der Waals surface area contributed by atoms with Gasteiger partial charge in [-0.1, -0.05) is 18.9 Å². The van der Waals surface area contributed by atoms with Gasteiger partial charge in [-0.25, -0.2) is 9.37 Å². The second-order valence-electron chi connectivity index (χ2n) is 8.03. The fraction of sp³-hybridized carbons (Fsp3) is 0.409. The Labute approximate surface area is 185 Å². The average molecular weight is 442 g/mol. The van der Waals surface area contributed by atoms with Gasteiger partial charge in [0.15, 0.2) is 11.6 Å². The Morgan fingerprint density at radius 2 is 2.12 bits per heavy atom. The number of pyridine rings is 1. The molecular formula is C22H28FN7O2. The predicted molar refractivity (Wildman–Crippen MR) is 121 cm³/mol. The van der Waals surface area contributed by atoms with Crippen LogP contribution in [0.1, 0.15) is 36.0 Å². The van der Waals surface area contributed by atoms with Crippen molar-refractivity contribution in [3.05, 3.63) is 41.8 Å². The molecule has 2 heterocycles. The number of benzene rings is 1. The lowest BCUT2D eigenvalue weighted by atomic mass is 9.91. The smallest absolute Gasteiger partial charge is 0.252 e. The largest absolute Gasteiger partial charge is 0.383 e. The van der Waals surface area contributed by atoms with Gasteiger partial charge in [-0.3, -0.25) is 9.48 Å². The molecule has 6 N–H and O–H groups in total. The van der Waals surface area contributed by atoms with E-state index in [1.807, 2.05) is 24.4 Å². The highest BCUT2D eigenvalue weighted by Crippen LogP contribution is 2.29. The van der Waals surface area contributed by atoms with Gasteiger partial charge >= 0.3 is 0 Å². The monoisotopic (exact) mass is 441 g/mol.